The molecule has 0 spiro atoms. The van der Waals surface area contributed by atoms with Crippen molar-refractivity contribution in [2.45, 2.75) is 0 Å². The van der Waals surface area contributed by atoms with Crippen molar-refractivity contribution in [1.82, 2.24) is 14.9 Å². The van der Waals surface area contributed by atoms with Crippen LogP contribution in [0.3, 0.4) is 0 Å². The van der Waals surface area contributed by atoms with Crippen LogP contribution >= 0.6 is 11.3 Å². The van der Waals surface area contributed by atoms with E-state index < -0.39 is 5.82 Å². The second-order valence-electron chi connectivity index (χ2n) is 8.35. The molecule has 174 valence electrons. The molecule has 3 heterocycles. The van der Waals surface area contributed by atoms with Gasteiger partial charge < -0.3 is 15.0 Å². The number of rotatable bonds is 4. The van der Waals surface area contributed by atoms with Gasteiger partial charge >= 0.3 is 0 Å². The van der Waals surface area contributed by atoms with E-state index in [0.29, 0.717) is 43.0 Å². The van der Waals surface area contributed by atoms with E-state index in [4.69, 9.17) is 4.74 Å². The number of hydrogen-bond donors (Lipinski definition) is 1. The maximum absolute atomic E-state index is 15.2. The number of pyridine rings is 1. The second-order valence-corrected chi connectivity index (χ2v) is 9.24. The number of nitrogens with one attached hydrogen (secondary N) is 1. The number of nitrogens with zero attached hydrogens (tertiary/aromatic N) is 3. The number of anilines is 2. The Balaban J connectivity index is 1.33. The first-order valence-electron chi connectivity index (χ1n) is 11.3. The van der Waals surface area contributed by atoms with Gasteiger partial charge in [-0.25, -0.2) is 9.37 Å². The molecule has 0 radical (unpaired) electrons. The minimum absolute atomic E-state index is 0.176. The van der Waals surface area contributed by atoms with Crippen LogP contribution in [0, 0.1) is 5.82 Å². The molecule has 1 amide bonds. The maximum Gasteiger partial charge on any atom is 0.254 e. The molecule has 0 unspecified atom stereocenters. The predicted octanol–water partition coefficient (Wildman–Crippen LogP) is 5.87. The molecule has 2 aromatic heterocycles. The monoisotopic (exact) mass is 484 g/mol. The average Bonchev–Trinajstić information content (AvgIpc) is 3.37. The van der Waals surface area contributed by atoms with Crippen molar-refractivity contribution in [3.05, 3.63) is 83.8 Å². The number of carbonyl (C=O) groups excluding carboxylic acids is 1. The molecule has 6 nitrogen and oxygen atoms in total. The molecule has 1 aliphatic heterocycles. The summed E-state index contributed by atoms with van der Waals surface area (Å²) in [7, 11) is 0. The molecule has 1 saturated heterocycles. The number of fused-ring (bicyclic) bond motifs is 2. The molecule has 1 aliphatic rings. The first-order chi connectivity index (χ1) is 17.2. The summed E-state index contributed by atoms with van der Waals surface area (Å²) in [6.45, 7) is 2.05. The van der Waals surface area contributed by atoms with E-state index in [1.165, 1.54) is 6.07 Å². The van der Waals surface area contributed by atoms with E-state index >= 15 is 4.39 Å². The summed E-state index contributed by atoms with van der Waals surface area (Å²) in [6.07, 6.45) is 1.75. The molecule has 0 aliphatic carbocycles. The summed E-state index contributed by atoms with van der Waals surface area (Å²) in [5.74, 6) is -0.610. The van der Waals surface area contributed by atoms with Crippen molar-refractivity contribution in [2.75, 3.05) is 31.6 Å². The Kier molecular flexibility index (Phi) is 5.60. The van der Waals surface area contributed by atoms with Gasteiger partial charge in [0, 0.05) is 47.2 Å². The van der Waals surface area contributed by atoms with E-state index in [1.807, 2.05) is 48.0 Å². The highest BCUT2D eigenvalue weighted by atomic mass is 32.1. The lowest BCUT2D eigenvalue weighted by Crippen LogP contribution is -2.40. The number of hydrogen-bond acceptors (Lipinski definition) is 6. The predicted molar refractivity (Wildman–Crippen MR) is 137 cm³/mol. The summed E-state index contributed by atoms with van der Waals surface area (Å²) in [6, 6.07) is 18.3. The Morgan fingerprint density at radius 3 is 2.71 bits per heavy atom. The van der Waals surface area contributed by atoms with Crippen LogP contribution in [-0.2, 0) is 4.74 Å². The first-order valence-corrected chi connectivity index (χ1v) is 12.2. The van der Waals surface area contributed by atoms with Crippen LogP contribution in [0.15, 0.2) is 72.4 Å². The molecule has 0 saturated carbocycles. The topological polar surface area (TPSA) is 67.4 Å². The lowest BCUT2D eigenvalue weighted by atomic mass is 10.00. The summed E-state index contributed by atoms with van der Waals surface area (Å²) in [5.41, 5.74) is 6.84. The number of aromatic nitrogens is 2. The second kappa shape index (κ2) is 9.05. The van der Waals surface area contributed by atoms with E-state index in [1.54, 1.807) is 34.6 Å². The van der Waals surface area contributed by atoms with Crippen molar-refractivity contribution in [2.24, 2.45) is 0 Å². The minimum atomic E-state index is -0.434. The fourth-order valence-electron chi connectivity index (χ4n) is 4.35. The number of amides is 1. The van der Waals surface area contributed by atoms with Crippen LogP contribution in [0.25, 0.3) is 32.2 Å². The normalized spacial score (nSPS) is 13.9. The molecule has 1 fully saturated rings. The highest BCUT2D eigenvalue weighted by molar-refractivity contribution is 7.16. The number of ether oxygens (including phenoxy) is 1. The Hall–Kier alpha value is -3.88. The van der Waals surface area contributed by atoms with Crippen molar-refractivity contribution in [3.63, 3.8) is 0 Å². The van der Waals surface area contributed by atoms with Crippen molar-refractivity contribution >= 4 is 49.7 Å². The van der Waals surface area contributed by atoms with E-state index in [9.17, 15) is 4.79 Å². The van der Waals surface area contributed by atoms with Crippen LogP contribution in [0.4, 0.5) is 15.8 Å². The zero-order valence-electron chi connectivity index (χ0n) is 18.7. The third-order valence-electron chi connectivity index (χ3n) is 6.18. The molecule has 0 bridgehead atoms. The minimum Gasteiger partial charge on any atom is -0.378 e. The lowest BCUT2D eigenvalue weighted by Gasteiger charge is -2.27. The molecule has 35 heavy (non-hydrogen) atoms. The van der Waals surface area contributed by atoms with Crippen LogP contribution < -0.4 is 5.32 Å². The number of benzene rings is 3. The van der Waals surface area contributed by atoms with E-state index in [2.05, 4.69) is 15.3 Å². The highest BCUT2D eigenvalue weighted by Crippen LogP contribution is 2.32. The van der Waals surface area contributed by atoms with Crippen molar-refractivity contribution in [3.8, 4) is 11.1 Å². The van der Waals surface area contributed by atoms with Gasteiger partial charge in [-0.05, 0) is 54.1 Å². The summed E-state index contributed by atoms with van der Waals surface area (Å²) in [4.78, 5) is 23.3. The van der Waals surface area contributed by atoms with Crippen molar-refractivity contribution in [1.29, 1.82) is 0 Å². The van der Waals surface area contributed by atoms with Gasteiger partial charge in [0.1, 0.15) is 5.82 Å². The average molecular weight is 485 g/mol. The van der Waals surface area contributed by atoms with Crippen molar-refractivity contribution < 1.29 is 13.9 Å². The van der Waals surface area contributed by atoms with Gasteiger partial charge in [0.15, 0.2) is 0 Å². The van der Waals surface area contributed by atoms with Crippen LogP contribution in [0.2, 0.25) is 0 Å². The smallest absolute Gasteiger partial charge is 0.254 e. The number of carbonyl (C=O) groups is 1. The maximum atomic E-state index is 15.2. The fourth-order valence-corrected chi connectivity index (χ4v) is 5.00. The zero-order chi connectivity index (χ0) is 23.8. The molecule has 6 rings (SSSR count). The molecule has 3 aromatic carbocycles. The van der Waals surface area contributed by atoms with Crippen LogP contribution in [0.1, 0.15) is 10.4 Å². The van der Waals surface area contributed by atoms with Crippen LogP contribution in [0.5, 0.6) is 0 Å². The van der Waals surface area contributed by atoms with Gasteiger partial charge in [0.05, 0.1) is 34.5 Å². The molecular formula is C27H21FN4O2S. The summed E-state index contributed by atoms with van der Waals surface area (Å²) in [5, 5.41) is 4.32. The quantitative estimate of drug-likeness (QED) is 0.346. The van der Waals surface area contributed by atoms with Gasteiger partial charge in [0.25, 0.3) is 5.91 Å². The number of thiazole rings is 1. The molecule has 5 aromatic rings. The van der Waals surface area contributed by atoms with Gasteiger partial charge in [-0.2, -0.15) is 0 Å². The van der Waals surface area contributed by atoms with Gasteiger partial charge in [-0.1, -0.05) is 12.1 Å². The zero-order valence-corrected chi connectivity index (χ0v) is 19.5. The summed E-state index contributed by atoms with van der Waals surface area (Å²) >= 11 is 1.60. The standard InChI is InChI=1S/C27H21FN4O2S/c28-22-14-18(27(33)32-9-11-34-12-10-32)1-4-20(22)17-2-5-23-21(13-17)24(7-8-29-23)31-19-3-6-26-25(15-19)30-16-35-26/h1-8,13-16H,9-12H2,(H,29,31). The van der Waals surface area contributed by atoms with Gasteiger partial charge in [0.2, 0.25) is 0 Å². The Morgan fingerprint density at radius 2 is 1.86 bits per heavy atom. The highest BCUT2D eigenvalue weighted by Gasteiger charge is 2.20. The Labute approximate surface area is 205 Å². The molecular weight excluding hydrogens is 463 g/mol. The van der Waals surface area contributed by atoms with E-state index in [-0.39, 0.29) is 5.91 Å². The molecule has 0 atom stereocenters. The summed E-state index contributed by atoms with van der Waals surface area (Å²) < 4.78 is 21.6. The van der Waals surface area contributed by atoms with Crippen LogP contribution in [-0.4, -0.2) is 47.1 Å². The fraction of sp³-hybridized carbons (Fsp3) is 0.148. The third-order valence-corrected chi connectivity index (χ3v) is 6.99. The van der Waals surface area contributed by atoms with E-state index in [0.717, 1.165) is 32.5 Å². The molecule has 1 N–H and O–H groups in total. The number of morpholine rings is 1. The Bertz CT molecular complexity index is 1560. The third kappa shape index (κ3) is 4.22. The molecule has 8 heteroatoms. The Morgan fingerprint density at radius 1 is 0.971 bits per heavy atom. The van der Waals surface area contributed by atoms with Gasteiger partial charge in [-0.15, -0.1) is 11.3 Å². The first kappa shape index (κ1) is 21.6. The largest absolute Gasteiger partial charge is 0.378 e. The van der Waals surface area contributed by atoms with Gasteiger partial charge in [-0.3, -0.25) is 9.78 Å². The SMILES string of the molecule is O=C(c1ccc(-c2ccc3nccc(Nc4ccc5scnc5c4)c3c2)c(F)c1)N1CCOCC1. The lowest BCUT2D eigenvalue weighted by molar-refractivity contribution is 0.0302. The number of halogens is 1.